The number of fused-ring (bicyclic) bond motifs is 4. The van der Waals surface area contributed by atoms with Gasteiger partial charge in [-0.1, -0.05) is 29.9 Å². The normalized spacial score (nSPS) is 24.6. The van der Waals surface area contributed by atoms with E-state index in [2.05, 4.69) is 19.1 Å². The first-order valence-corrected chi connectivity index (χ1v) is 7.51. The van der Waals surface area contributed by atoms with Crippen LogP contribution in [0.2, 0.25) is 0 Å². The second-order valence-corrected chi connectivity index (χ2v) is 6.78. The molecule has 0 saturated heterocycles. The van der Waals surface area contributed by atoms with Gasteiger partial charge >= 0.3 is 0 Å². The van der Waals surface area contributed by atoms with Crippen LogP contribution in [0.4, 0.5) is 4.39 Å². The van der Waals surface area contributed by atoms with Gasteiger partial charge in [-0.05, 0) is 55.7 Å². The Bertz CT molecular complexity index is 811. The molecule has 1 aromatic rings. The van der Waals surface area contributed by atoms with Crippen molar-refractivity contribution >= 4 is 11.6 Å². The molecule has 1 unspecified atom stereocenters. The molecule has 0 saturated carbocycles. The van der Waals surface area contributed by atoms with Crippen molar-refractivity contribution in [1.29, 1.82) is 0 Å². The summed E-state index contributed by atoms with van der Waals surface area (Å²) in [6.45, 7) is 6.02. The highest BCUT2D eigenvalue weighted by atomic mass is 19.1. The summed E-state index contributed by atoms with van der Waals surface area (Å²) < 4.78 is 14.2. The summed E-state index contributed by atoms with van der Waals surface area (Å²) in [5.41, 5.74) is 5.08. The molecule has 0 aromatic heterocycles. The van der Waals surface area contributed by atoms with Crippen LogP contribution in [-0.2, 0) is 0 Å². The van der Waals surface area contributed by atoms with Crippen molar-refractivity contribution in [2.45, 2.75) is 26.3 Å². The Kier molecular flexibility index (Phi) is 2.58. The van der Waals surface area contributed by atoms with Gasteiger partial charge in [-0.15, -0.1) is 0 Å². The summed E-state index contributed by atoms with van der Waals surface area (Å²) in [7, 11) is 0. The van der Waals surface area contributed by atoms with Gasteiger partial charge < -0.3 is 0 Å². The highest BCUT2D eigenvalue weighted by Gasteiger charge is 2.38. The lowest BCUT2D eigenvalue weighted by Gasteiger charge is -2.43. The predicted molar refractivity (Wildman–Crippen MR) is 85.4 cm³/mol. The fourth-order valence-electron chi connectivity index (χ4n) is 3.73. The molecule has 0 amide bonds. The Balaban J connectivity index is 1.91. The highest BCUT2D eigenvalue weighted by Crippen LogP contribution is 2.47. The molecule has 4 rings (SSSR count). The number of benzene rings is 1. The van der Waals surface area contributed by atoms with Crippen LogP contribution in [-0.4, -0.2) is 15.8 Å². The Morgan fingerprint density at radius 3 is 2.77 bits per heavy atom. The molecular formula is C19H18FNO. The molecule has 1 heterocycles. The molecule has 3 heteroatoms. The maximum absolute atomic E-state index is 14.2. The van der Waals surface area contributed by atoms with Gasteiger partial charge in [-0.3, -0.25) is 10.3 Å². The van der Waals surface area contributed by atoms with Gasteiger partial charge in [0, 0.05) is 11.5 Å². The van der Waals surface area contributed by atoms with Gasteiger partial charge in [-0.2, -0.15) is 0 Å². The lowest BCUT2D eigenvalue weighted by molar-refractivity contribution is -0.121. The van der Waals surface area contributed by atoms with Gasteiger partial charge in [0.15, 0.2) is 0 Å². The van der Waals surface area contributed by atoms with E-state index in [-0.39, 0.29) is 11.7 Å². The highest BCUT2D eigenvalue weighted by molar-refractivity contribution is 5.98. The Morgan fingerprint density at radius 2 is 2.00 bits per heavy atom. The quantitative estimate of drug-likeness (QED) is 0.710. The number of hydrogen-bond donors (Lipinski definition) is 1. The van der Waals surface area contributed by atoms with E-state index in [1.165, 1.54) is 16.7 Å². The zero-order valence-electron chi connectivity index (χ0n) is 12.9. The summed E-state index contributed by atoms with van der Waals surface area (Å²) >= 11 is 0. The molecular weight excluding hydrogens is 277 g/mol. The molecule has 2 aliphatic carbocycles. The Labute approximate surface area is 129 Å². The Hall–Kier alpha value is -2.13. The first-order chi connectivity index (χ1) is 10.4. The zero-order chi connectivity index (χ0) is 15.6. The molecule has 22 heavy (non-hydrogen) atoms. The monoisotopic (exact) mass is 295 g/mol. The standard InChI is InChI=1S/C19H18FNO/c1-11-10-19(2,3)21(22)17-8-13-7-12-5-4-6-16(20)18(12)15(13)9-14(11)17/h4-10,14,22H,1-3H3. The molecule has 0 radical (unpaired) electrons. The van der Waals surface area contributed by atoms with Gasteiger partial charge in [-0.25, -0.2) is 4.39 Å². The largest absolute Gasteiger partial charge is 0.288 e. The van der Waals surface area contributed by atoms with Crippen LogP contribution < -0.4 is 0 Å². The molecule has 1 N–H and O–H groups in total. The lowest BCUT2D eigenvalue weighted by atomic mass is 9.79. The molecule has 3 aliphatic rings. The van der Waals surface area contributed by atoms with E-state index in [9.17, 15) is 9.60 Å². The van der Waals surface area contributed by atoms with Crippen LogP contribution >= 0.6 is 0 Å². The Morgan fingerprint density at radius 1 is 1.23 bits per heavy atom. The summed E-state index contributed by atoms with van der Waals surface area (Å²) in [5.74, 6) is -0.193. The minimum atomic E-state index is -0.435. The van der Waals surface area contributed by atoms with E-state index in [1.807, 2.05) is 32.1 Å². The van der Waals surface area contributed by atoms with Crippen molar-refractivity contribution in [2.75, 3.05) is 0 Å². The number of halogens is 1. The maximum Gasteiger partial charge on any atom is 0.131 e. The molecule has 1 aliphatic heterocycles. The van der Waals surface area contributed by atoms with Gasteiger partial charge in [0.2, 0.25) is 0 Å². The molecule has 2 nitrogen and oxygen atoms in total. The lowest BCUT2D eigenvalue weighted by Crippen LogP contribution is -2.45. The number of nitrogens with zero attached hydrogens (tertiary/aromatic N) is 1. The summed E-state index contributed by atoms with van der Waals surface area (Å²) in [6.07, 6.45) is 8.11. The predicted octanol–water partition coefficient (Wildman–Crippen LogP) is 4.55. The van der Waals surface area contributed by atoms with E-state index < -0.39 is 5.54 Å². The van der Waals surface area contributed by atoms with Crippen molar-refractivity contribution in [3.63, 3.8) is 0 Å². The van der Waals surface area contributed by atoms with Crippen molar-refractivity contribution in [2.24, 2.45) is 5.92 Å². The van der Waals surface area contributed by atoms with Gasteiger partial charge in [0.25, 0.3) is 0 Å². The molecule has 1 aromatic carbocycles. The first-order valence-electron chi connectivity index (χ1n) is 7.51. The van der Waals surface area contributed by atoms with Crippen LogP contribution in [0.3, 0.4) is 0 Å². The van der Waals surface area contributed by atoms with Crippen molar-refractivity contribution < 1.29 is 9.60 Å². The minimum Gasteiger partial charge on any atom is -0.288 e. The molecule has 1 atom stereocenters. The van der Waals surface area contributed by atoms with Crippen molar-refractivity contribution in [3.8, 4) is 0 Å². The fourth-order valence-corrected chi connectivity index (χ4v) is 3.73. The van der Waals surface area contributed by atoms with Crippen LogP contribution in [0.5, 0.6) is 0 Å². The molecule has 0 spiro atoms. The third-order valence-corrected chi connectivity index (χ3v) is 4.75. The fraction of sp³-hybridized carbons (Fsp3) is 0.263. The number of allylic oxidation sites excluding steroid dienone is 4. The average molecular weight is 295 g/mol. The number of rotatable bonds is 0. The van der Waals surface area contributed by atoms with Crippen molar-refractivity contribution in [3.05, 3.63) is 70.2 Å². The molecule has 112 valence electrons. The second-order valence-electron chi connectivity index (χ2n) is 6.78. The third-order valence-electron chi connectivity index (χ3n) is 4.75. The smallest absolute Gasteiger partial charge is 0.131 e. The third kappa shape index (κ3) is 1.69. The van der Waals surface area contributed by atoms with E-state index in [0.717, 1.165) is 22.4 Å². The second kappa shape index (κ2) is 4.20. The summed E-state index contributed by atoms with van der Waals surface area (Å²) in [5, 5.41) is 11.9. The van der Waals surface area contributed by atoms with Gasteiger partial charge in [0.1, 0.15) is 5.82 Å². The molecule has 0 fully saturated rings. The minimum absolute atomic E-state index is 0.00395. The summed E-state index contributed by atoms with van der Waals surface area (Å²) in [6, 6.07) is 5.16. The van der Waals surface area contributed by atoms with Crippen LogP contribution in [0.1, 0.15) is 31.9 Å². The van der Waals surface area contributed by atoms with E-state index in [4.69, 9.17) is 0 Å². The topological polar surface area (TPSA) is 23.5 Å². The summed E-state index contributed by atoms with van der Waals surface area (Å²) in [4.78, 5) is 0. The molecule has 0 bridgehead atoms. The van der Waals surface area contributed by atoms with Crippen LogP contribution in [0.15, 0.2) is 53.3 Å². The zero-order valence-corrected chi connectivity index (χ0v) is 12.9. The average Bonchev–Trinajstić information content (AvgIpc) is 2.82. The van der Waals surface area contributed by atoms with E-state index in [0.29, 0.717) is 5.56 Å². The number of hydrogen-bond acceptors (Lipinski definition) is 2. The van der Waals surface area contributed by atoms with Gasteiger partial charge in [0.05, 0.1) is 11.2 Å². The number of hydroxylamine groups is 2. The van der Waals surface area contributed by atoms with E-state index in [1.54, 1.807) is 6.07 Å². The van der Waals surface area contributed by atoms with Crippen molar-refractivity contribution in [1.82, 2.24) is 5.06 Å². The SMILES string of the molecule is CC1=CC(C)(C)N(O)C2=CC3=Cc4cccc(F)c4C3=CC12. The first kappa shape index (κ1) is 13.5. The van der Waals surface area contributed by atoms with E-state index >= 15 is 0 Å². The van der Waals surface area contributed by atoms with Crippen LogP contribution in [0.25, 0.3) is 11.6 Å². The van der Waals surface area contributed by atoms with Crippen LogP contribution in [0, 0.1) is 11.7 Å². The maximum atomic E-state index is 14.2.